The minimum absolute atomic E-state index is 0.00731. The third-order valence-electron chi connectivity index (χ3n) is 3.27. The van der Waals surface area contributed by atoms with Crippen LogP contribution < -0.4 is 5.32 Å². The lowest BCUT2D eigenvalue weighted by atomic mass is 10.2. The molecule has 0 unspecified atom stereocenters. The Morgan fingerprint density at radius 3 is 2.78 bits per heavy atom. The summed E-state index contributed by atoms with van der Waals surface area (Å²) >= 11 is 0. The number of hydrogen-bond acceptors (Lipinski definition) is 3. The topological polar surface area (TPSA) is 68.4 Å². The molecule has 0 aliphatic carbocycles. The second-order valence-electron chi connectivity index (χ2n) is 4.47. The number of carbonyl (C=O) groups is 1. The van der Waals surface area contributed by atoms with Gasteiger partial charge in [-0.3, -0.25) is 4.79 Å². The van der Waals surface area contributed by atoms with Crippen LogP contribution >= 0.6 is 0 Å². The van der Waals surface area contributed by atoms with E-state index in [2.05, 4.69) is 10.3 Å². The first kappa shape index (κ1) is 11.1. The number of aromatic amines is 1. The molecule has 1 aromatic carbocycles. The standard InChI is InChI=1S/C13H15N3O2/c17-11-3-1-2-9-8-10(15-12(9)11)13(18)16-6-4-14-5-7-16/h1-3,8,14-15,17H,4-7H2. The molecule has 1 amide bonds. The molecule has 3 N–H and O–H groups in total. The molecule has 5 nitrogen and oxygen atoms in total. The number of phenolic OH excluding ortho intramolecular Hbond substituents is 1. The van der Waals surface area contributed by atoms with Gasteiger partial charge < -0.3 is 20.3 Å². The Morgan fingerprint density at radius 1 is 1.28 bits per heavy atom. The first-order valence-corrected chi connectivity index (χ1v) is 6.06. The Balaban J connectivity index is 1.94. The van der Waals surface area contributed by atoms with Crippen LogP contribution in [0, 0.1) is 0 Å². The number of H-pyrrole nitrogens is 1. The number of fused-ring (bicyclic) bond motifs is 1. The molecule has 1 aliphatic heterocycles. The minimum atomic E-state index is -0.00731. The third-order valence-corrected chi connectivity index (χ3v) is 3.27. The highest BCUT2D eigenvalue weighted by molar-refractivity contribution is 5.99. The highest BCUT2D eigenvalue weighted by atomic mass is 16.3. The number of amides is 1. The number of aromatic hydroxyl groups is 1. The van der Waals surface area contributed by atoms with E-state index in [9.17, 15) is 9.90 Å². The van der Waals surface area contributed by atoms with E-state index in [1.807, 2.05) is 11.0 Å². The van der Waals surface area contributed by atoms with Crippen molar-refractivity contribution in [3.63, 3.8) is 0 Å². The van der Waals surface area contributed by atoms with E-state index in [-0.39, 0.29) is 11.7 Å². The largest absolute Gasteiger partial charge is 0.506 e. The molecule has 94 valence electrons. The van der Waals surface area contributed by atoms with Crippen LogP contribution in [0.4, 0.5) is 0 Å². The summed E-state index contributed by atoms with van der Waals surface area (Å²) in [4.78, 5) is 17.1. The first-order valence-electron chi connectivity index (χ1n) is 6.06. The molecule has 0 atom stereocenters. The molecule has 0 bridgehead atoms. The Hall–Kier alpha value is -2.01. The molecular weight excluding hydrogens is 230 g/mol. The summed E-state index contributed by atoms with van der Waals surface area (Å²) in [6.07, 6.45) is 0. The second kappa shape index (κ2) is 4.34. The number of para-hydroxylation sites is 1. The van der Waals surface area contributed by atoms with Crippen molar-refractivity contribution >= 4 is 16.8 Å². The summed E-state index contributed by atoms with van der Waals surface area (Å²) < 4.78 is 0. The van der Waals surface area contributed by atoms with Crippen molar-refractivity contribution in [2.24, 2.45) is 0 Å². The number of aromatic nitrogens is 1. The van der Waals surface area contributed by atoms with Crippen molar-refractivity contribution < 1.29 is 9.90 Å². The lowest BCUT2D eigenvalue weighted by molar-refractivity contribution is 0.0731. The highest BCUT2D eigenvalue weighted by Gasteiger charge is 2.19. The van der Waals surface area contributed by atoms with Crippen molar-refractivity contribution in [3.05, 3.63) is 30.0 Å². The molecule has 1 aromatic heterocycles. The minimum Gasteiger partial charge on any atom is -0.506 e. The molecule has 1 saturated heterocycles. The van der Waals surface area contributed by atoms with Gasteiger partial charge in [-0.2, -0.15) is 0 Å². The molecule has 0 spiro atoms. The van der Waals surface area contributed by atoms with Crippen molar-refractivity contribution in [1.82, 2.24) is 15.2 Å². The van der Waals surface area contributed by atoms with Crippen LogP contribution in [0.1, 0.15) is 10.5 Å². The van der Waals surface area contributed by atoms with Gasteiger partial charge in [0.2, 0.25) is 0 Å². The summed E-state index contributed by atoms with van der Waals surface area (Å²) in [6, 6.07) is 7.04. The number of carbonyl (C=O) groups excluding carboxylic acids is 1. The van der Waals surface area contributed by atoms with E-state index < -0.39 is 0 Å². The Labute approximate surface area is 104 Å². The number of piperazine rings is 1. The van der Waals surface area contributed by atoms with Crippen molar-refractivity contribution in [2.75, 3.05) is 26.2 Å². The van der Waals surface area contributed by atoms with Crippen LogP contribution in [-0.2, 0) is 0 Å². The normalized spacial score (nSPS) is 16.1. The van der Waals surface area contributed by atoms with E-state index >= 15 is 0 Å². The molecule has 0 saturated carbocycles. The van der Waals surface area contributed by atoms with E-state index in [1.54, 1.807) is 18.2 Å². The molecule has 3 rings (SSSR count). The highest BCUT2D eigenvalue weighted by Crippen LogP contribution is 2.24. The Morgan fingerprint density at radius 2 is 2.06 bits per heavy atom. The van der Waals surface area contributed by atoms with E-state index in [1.165, 1.54) is 0 Å². The van der Waals surface area contributed by atoms with Crippen molar-refractivity contribution in [2.45, 2.75) is 0 Å². The lowest BCUT2D eigenvalue weighted by Gasteiger charge is -2.26. The number of nitrogens with zero attached hydrogens (tertiary/aromatic N) is 1. The molecule has 18 heavy (non-hydrogen) atoms. The number of benzene rings is 1. The molecule has 1 fully saturated rings. The zero-order valence-corrected chi connectivity index (χ0v) is 9.94. The molecule has 5 heteroatoms. The number of hydrogen-bond donors (Lipinski definition) is 3. The van der Waals surface area contributed by atoms with E-state index in [4.69, 9.17) is 0 Å². The van der Waals surface area contributed by atoms with Gasteiger partial charge in [-0.25, -0.2) is 0 Å². The molecular formula is C13H15N3O2. The summed E-state index contributed by atoms with van der Waals surface area (Å²) in [6.45, 7) is 3.11. The van der Waals surface area contributed by atoms with E-state index in [0.717, 1.165) is 31.6 Å². The van der Waals surface area contributed by atoms with Crippen LogP contribution in [-0.4, -0.2) is 47.1 Å². The van der Waals surface area contributed by atoms with Gasteiger partial charge in [0.1, 0.15) is 11.4 Å². The van der Waals surface area contributed by atoms with Crippen LogP contribution in [0.2, 0.25) is 0 Å². The maximum atomic E-state index is 12.3. The molecule has 0 radical (unpaired) electrons. The zero-order chi connectivity index (χ0) is 12.5. The maximum absolute atomic E-state index is 12.3. The van der Waals surface area contributed by atoms with E-state index in [0.29, 0.717) is 11.2 Å². The maximum Gasteiger partial charge on any atom is 0.270 e. The molecule has 1 aliphatic rings. The fourth-order valence-electron chi connectivity index (χ4n) is 2.29. The summed E-state index contributed by atoms with van der Waals surface area (Å²) in [5.74, 6) is 0.166. The van der Waals surface area contributed by atoms with Crippen molar-refractivity contribution in [3.8, 4) is 5.75 Å². The van der Waals surface area contributed by atoms with Gasteiger partial charge in [0, 0.05) is 31.6 Å². The smallest absolute Gasteiger partial charge is 0.270 e. The second-order valence-corrected chi connectivity index (χ2v) is 4.47. The average Bonchev–Trinajstić information content (AvgIpc) is 2.84. The fraction of sp³-hybridized carbons (Fsp3) is 0.308. The predicted octanol–water partition coefficient (Wildman–Crippen LogP) is 0.919. The third kappa shape index (κ3) is 1.82. The van der Waals surface area contributed by atoms with Crippen molar-refractivity contribution in [1.29, 1.82) is 0 Å². The monoisotopic (exact) mass is 245 g/mol. The quantitative estimate of drug-likeness (QED) is 0.699. The van der Waals surface area contributed by atoms with Crippen LogP contribution in [0.3, 0.4) is 0 Å². The number of phenols is 1. The Kier molecular flexibility index (Phi) is 2.68. The Bertz CT molecular complexity index is 585. The predicted molar refractivity (Wildman–Crippen MR) is 68.7 cm³/mol. The van der Waals surface area contributed by atoms with Crippen LogP contribution in [0.25, 0.3) is 10.9 Å². The summed E-state index contributed by atoms with van der Waals surface area (Å²) in [5.41, 5.74) is 1.16. The van der Waals surface area contributed by atoms with Crippen LogP contribution in [0.5, 0.6) is 5.75 Å². The number of rotatable bonds is 1. The zero-order valence-electron chi connectivity index (χ0n) is 9.94. The van der Waals surface area contributed by atoms with Gasteiger partial charge in [-0.05, 0) is 12.1 Å². The van der Waals surface area contributed by atoms with Gasteiger partial charge in [-0.1, -0.05) is 12.1 Å². The fourth-order valence-corrected chi connectivity index (χ4v) is 2.29. The van der Waals surface area contributed by atoms with Gasteiger partial charge in [0.05, 0.1) is 5.52 Å². The summed E-state index contributed by atoms with van der Waals surface area (Å²) in [7, 11) is 0. The molecule has 2 heterocycles. The van der Waals surface area contributed by atoms with Gasteiger partial charge in [-0.15, -0.1) is 0 Å². The summed E-state index contributed by atoms with van der Waals surface area (Å²) in [5, 5.41) is 13.8. The van der Waals surface area contributed by atoms with Gasteiger partial charge in [0.25, 0.3) is 5.91 Å². The van der Waals surface area contributed by atoms with Crippen LogP contribution in [0.15, 0.2) is 24.3 Å². The lowest BCUT2D eigenvalue weighted by Crippen LogP contribution is -2.46. The van der Waals surface area contributed by atoms with Gasteiger partial charge >= 0.3 is 0 Å². The van der Waals surface area contributed by atoms with Gasteiger partial charge in [0.15, 0.2) is 0 Å². The molecule has 2 aromatic rings. The number of nitrogens with one attached hydrogen (secondary N) is 2. The SMILES string of the molecule is O=C(c1cc2cccc(O)c2[nH]1)N1CCNCC1. The first-order chi connectivity index (χ1) is 8.75. The average molecular weight is 245 g/mol.